The highest BCUT2D eigenvalue weighted by atomic mass is 28.3. The van der Waals surface area contributed by atoms with Crippen LogP contribution in [0.4, 0.5) is 4.79 Å². The van der Waals surface area contributed by atoms with Gasteiger partial charge in [-0.05, 0) is 63.4 Å². The van der Waals surface area contributed by atoms with E-state index in [1.807, 2.05) is 4.90 Å². The van der Waals surface area contributed by atoms with E-state index in [4.69, 9.17) is 4.74 Å². The van der Waals surface area contributed by atoms with Gasteiger partial charge in [-0.2, -0.15) is 0 Å². The predicted octanol–water partition coefficient (Wildman–Crippen LogP) is 6.65. The van der Waals surface area contributed by atoms with Crippen molar-refractivity contribution in [2.45, 2.75) is 111 Å². The van der Waals surface area contributed by atoms with E-state index in [1.54, 1.807) is 0 Å². The van der Waals surface area contributed by atoms with Crippen LogP contribution in [-0.2, 0) is 4.74 Å². The molecule has 3 atom stereocenters. The monoisotopic (exact) mass is 393 g/mol. The molecule has 3 aliphatic rings. The zero-order chi connectivity index (χ0) is 20.6. The van der Waals surface area contributed by atoms with Gasteiger partial charge < -0.3 is 9.64 Å². The number of nitrogens with zero attached hydrogens (tertiary/aromatic N) is 1. The molecule has 0 spiro atoms. The third kappa shape index (κ3) is 3.88. The number of hydrogen-bond donors (Lipinski definition) is 0. The van der Waals surface area contributed by atoms with Gasteiger partial charge in [-0.1, -0.05) is 58.8 Å². The van der Waals surface area contributed by atoms with Gasteiger partial charge in [-0.15, -0.1) is 0 Å². The van der Waals surface area contributed by atoms with Crippen molar-refractivity contribution in [3.8, 4) is 0 Å². The average molecular weight is 394 g/mol. The Labute approximate surface area is 168 Å². The number of carbonyl (C=O) groups is 1. The molecule has 3 aliphatic carbocycles. The normalized spacial score (nSPS) is 25.1. The maximum absolute atomic E-state index is 13.3. The number of amides is 1. The number of ether oxygens (including phenoxy) is 1. The van der Waals surface area contributed by atoms with E-state index in [0.717, 1.165) is 12.3 Å². The van der Waals surface area contributed by atoms with Gasteiger partial charge in [0.25, 0.3) is 0 Å². The smallest absolute Gasteiger partial charge is 0.410 e. The molecular weight excluding hydrogens is 350 g/mol. The fourth-order valence-corrected chi connectivity index (χ4v) is 9.71. The van der Waals surface area contributed by atoms with Crippen LogP contribution >= 0.6 is 0 Å². The van der Waals surface area contributed by atoms with Gasteiger partial charge >= 0.3 is 6.09 Å². The number of rotatable bonds is 8. The minimum absolute atomic E-state index is 0.0375. The van der Waals surface area contributed by atoms with Gasteiger partial charge in [-0.3, -0.25) is 0 Å². The summed E-state index contributed by atoms with van der Waals surface area (Å²) in [5, 5.41) is 0. The molecule has 27 heavy (non-hydrogen) atoms. The largest absolute Gasteiger partial charge is 0.446 e. The number of fused-ring (bicyclic) bond motifs is 1. The molecular formula is C23H43NO2Si. The first-order chi connectivity index (χ1) is 12.6. The van der Waals surface area contributed by atoms with Crippen LogP contribution in [0.1, 0.15) is 75.2 Å². The molecule has 2 bridgehead atoms. The minimum Gasteiger partial charge on any atom is -0.446 e. The molecule has 0 radical (unpaired) electrons. The van der Waals surface area contributed by atoms with E-state index in [1.165, 1.54) is 30.1 Å². The maximum Gasteiger partial charge on any atom is 0.410 e. The molecule has 1 saturated carbocycles. The zero-order valence-corrected chi connectivity index (χ0v) is 20.3. The maximum atomic E-state index is 13.3. The van der Waals surface area contributed by atoms with Crippen molar-refractivity contribution >= 4 is 14.2 Å². The minimum atomic E-state index is -1.73. The fourth-order valence-electron chi connectivity index (χ4n) is 5.72. The molecule has 1 amide bonds. The predicted molar refractivity (Wildman–Crippen MR) is 118 cm³/mol. The second kappa shape index (κ2) is 8.30. The second-order valence-electron chi connectivity index (χ2n) is 10.0. The van der Waals surface area contributed by atoms with Crippen molar-refractivity contribution < 1.29 is 9.53 Å². The highest BCUT2D eigenvalue weighted by Gasteiger charge is 2.56. The van der Waals surface area contributed by atoms with Crippen LogP contribution in [0.2, 0.25) is 18.1 Å². The highest BCUT2D eigenvalue weighted by molar-refractivity contribution is 6.81. The van der Waals surface area contributed by atoms with Gasteiger partial charge in [-0.25, -0.2) is 4.79 Å². The number of allylic oxidation sites excluding steroid dienone is 1. The van der Waals surface area contributed by atoms with Gasteiger partial charge in [0.05, 0.1) is 0 Å². The molecule has 0 unspecified atom stereocenters. The van der Waals surface area contributed by atoms with Gasteiger partial charge in [0.1, 0.15) is 13.8 Å². The number of hydrogen-bond acceptors (Lipinski definition) is 2. The number of carbonyl (C=O) groups excluding carboxylic acids is 1. The summed E-state index contributed by atoms with van der Waals surface area (Å²) >= 11 is 0. The lowest BCUT2D eigenvalue weighted by molar-refractivity contribution is -0.0204. The van der Waals surface area contributed by atoms with Crippen molar-refractivity contribution in [3.05, 3.63) is 11.6 Å². The second-order valence-corrected chi connectivity index (χ2v) is 15.4. The summed E-state index contributed by atoms with van der Waals surface area (Å²) in [4.78, 5) is 15.2. The lowest BCUT2D eigenvalue weighted by atomic mass is 9.49. The molecule has 0 N–H and O–H groups in total. The van der Waals surface area contributed by atoms with Crippen molar-refractivity contribution in [1.29, 1.82) is 0 Å². The Hall–Kier alpha value is -0.773. The van der Waals surface area contributed by atoms with Gasteiger partial charge in [0.2, 0.25) is 0 Å². The first-order valence-corrected chi connectivity index (χ1v) is 13.9. The standard InChI is InChI=1S/C23H43NO2Si/c1-10-27(11-2,12-3)21(26-22(25)24(16(4)5)17(6)7)19-14-13-18-15-20(19)23(18,8)9/h14,16-18,20-21H,10-13,15H2,1-9H3/t18-,20-,21-/m0/s1. The van der Waals surface area contributed by atoms with Gasteiger partial charge in [0, 0.05) is 12.1 Å². The molecule has 3 nitrogen and oxygen atoms in total. The first-order valence-electron chi connectivity index (χ1n) is 11.2. The third-order valence-electron chi connectivity index (χ3n) is 8.02. The lowest BCUT2D eigenvalue weighted by Crippen LogP contribution is -2.58. The van der Waals surface area contributed by atoms with Crippen molar-refractivity contribution in [3.63, 3.8) is 0 Å². The highest BCUT2D eigenvalue weighted by Crippen LogP contribution is 2.60. The fraction of sp³-hybridized carbons (Fsp3) is 0.870. The Morgan fingerprint density at radius 1 is 1.15 bits per heavy atom. The van der Waals surface area contributed by atoms with Crippen LogP contribution in [0, 0.1) is 17.3 Å². The molecule has 0 aliphatic heterocycles. The summed E-state index contributed by atoms with van der Waals surface area (Å²) in [6.07, 6.45) is 4.79. The van der Waals surface area contributed by atoms with E-state index >= 15 is 0 Å². The summed E-state index contributed by atoms with van der Waals surface area (Å²) in [6.45, 7) is 20.1. The van der Waals surface area contributed by atoms with Crippen LogP contribution in [0.3, 0.4) is 0 Å². The van der Waals surface area contributed by atoms with Crippen LogP contribution in [0.5, 0.6) is 0 Å². The Morgan fingerprint density at radius 2 is 1.67 bits per heavy atom. The van der Waals surface area contributed by atoms with Crippen molar-refractivity contribution in [1.82, 2.24) is 4.90 Å². The third-order valence-corrected chi connectivity index (χ3v) is 13.8. The van der Waals surface area contributed by atoms with E-state index < -0.39 is 8.07 Å². The van der Waals surface area contributed by atoms with E-state index in [-0.39, 0.29) is 23.9 Å². The summed E-state index contributed by atoms with van der Waals surface area (Å²) in [7, 11) is -1.73. The molecule has 0 aromatic rings. The Kier molecular flexibility index (Phi) is 6.92. The zero-order valence-electron chi connectivity index (χ0n) is 19.3. The SMILES string of the molecule is CC[Si](CC)(CC)[C@H](OC(=O)N(C(C)C)C(C)C)C1=CC[C@H]2C[C@@H]1C2(C)C. The van der Waals surface area contributed by atoms with Crippen LogP contribution in [0.25, 0.3) is 0 Å². The lowest BCUT2D eigenvalue weighted by Gasteiger charge is -2.58. The molecule has 0 aromatic carbocycles. The Bertz CT molecular complexity index is 546. The van der Waals surface area contributed by atoms with Crippen molar-refractivity contribution in [2.24, 2.45) is 17.3 Å². The molecule has 4 heteroatoms. The molecule has 0 saturated heterocycles. The van der Waals surface area contributed by atoms with Crippen LogP contribution in [0.15, 0.2) is 11.6 Å². The van der Waals surface area contributed by atoms with Crippen LogP contribution < -0.4 is 0 Å². The van der Waals surface area contributed by atoms with E-state index in [2.05, 4.69) is 68.4 Å². The summed E-state index contributed by atoms with van der Waals surface area (Å²) in [6, 6.07) is 3.84. The molecule has 3 rings (SSSR count). The summed E-state index contributed by atoms with van der Waals surface area (Å²) in [5.74, 6) is 1.41. The topological polar surface area (TPSA) is 29.5 Å². The molecule has 1 fully saturated rings. The summed E-state index contributed by atoms with van der Waals surface area (Å²) in [5.41, 5.74) is 1.87. The van der Waals surface area contributed by atoms with E-state index in [9.17, 15) is 4.79 Å². The Balaban J connectivity index is 2.40. The molecule has 0 heterocycles. The quantitative estimate of drug-likeness (QED) is 0.341. The van der Waals surface area contributed by atoms with Crippen molar-refractivity contribution in [2.75, 3.05) is 0 Å². The first kappa shape index (κ1) is 22.5. The Morgan fingerprint density at radius 3 is 2.04 bits per heavy atom. The molecule has 156 valence electrons. The molecule has 0 aromatic heterocycles. The summed E-state index contributed by atoms with van der Waals surface area (Å²) < 4.78 is 6.48. The average Bonchev–Trinajstić information content (AvgIpc) is 2.61. The van der Waals surface area contributed by atoms with Gasteiger partial charge in [0.15, 0.2) is 0 Å². The van der Waals surface area contributed by atoms with E-state index in [0.29, 0.717) is 11.3 Å². The van der Waals surface area contributed by atoms with Crippen LogP contribution in [-0.4, -0.2) is 36.9 Å².